The minimum absolute atomic E-state index is 0.266. The van der Waals surface area contributed by atoms with E-state index in [0.29, 0.717) is 30.8 Å². The van der Waals surface area contributed by atoms with E-state index in [2.05, 4.69) is 17.2 Å². The molecule has 0 radical (unpaired) electrons. The van der Waals surface area contributed by atoms with Gasteiger partial charge in [-0.25, -0.2) is 9.69 Å². The number of rotatable bonds is 8. The summed E-state index contributed by atoms with van der Waals surface area (Å²) in [6, 6.07) is 14.5. The van der Waals surface area contributed by atoms with Crippen LogP contribution in [0.2, 0.25) is 0 Å². The highest BCUT2D eigenvalue weighted by Crippen LogP contribution is 2.45. The summed E-state index contributed by atoms with van der Waals surface area (Å²) in [4.78, 5) is 46.9. The van der Waals surface area contributed by atoms with E-state index in [1.807, 2.05) is 24.3 Å². The number of carbonyl (C=O) groups excluding carboxylic acids is 3. The Labute approximate surface area is 205 Å². The fourth-order valence-corrected chi connectivity index (χ4v) is 5.49. The van der Waals surface area contributed by atoms with Gasteiger partial charge in [0.2, 0.25) is 0 Å². The molecule has 3 heterocycles. The number of nitrogens with one attached hydrogen (secondary N) is 2. The van der Waals surface area contributed by atoms with Gasteiger partial charge in [-0.05, 0) is 43.5 Å². The molecule has 4 amide bonds. The summed E-state index contributed by atoms with van der Waals surface area (Å²) in [6.07, 6.45) is 6.17. The summed E-state index contributed by atoms with van der Waals surface area (Å²) >= 11 is 0. The van der Waals surface area contributed by atoms with E-state index in [4.69, 9.17) is 0 Å². The zero-order valence-corrected chi connectivity index (χ0v) is 20.4. The third-order valence-electron chi connectivity index (χ3n) is 7.42. The Hall–Kier alpha value is -3.61. The molecule has 1 atom stereocenters. The molecular weight excluding hydrogens is 440 g/mol. The molecule has 1 aromatic heterocycles. The molecule has 35 heavy (non-hydrogen) atoms. The Bertz CT molecular complexity index is 1300. The molecule has 5 rings (SSSR count). The number of carbonyl (C=O) groups is 3. The van der Waals surface area contributed by atoms with Gasteiger partial charge in [-0.1, -0.05) is 62.9 Å². The Morgan fingerprint density at radius 1 is 1.03 bits per heavy atom. The number of hydrogen-bond acceptors (Lipinski definition) is 3. The first-order valence-corrected chi connectivity index (χ1v) is 12.6. The summed E-state index contributed by atoms with van der Waals surface area (Å²) in [5.41, 5.74) is 2.32. The monoisotopic (exact) mass is 472 g/mol. The number of fused-ring (bicyclic) bond motifs is 5. The second-order valence-electron chi connectivity index (χ2n) is 9.61. The minimum atomic E-state index is -1.15. The van der Waals surface area contributed by atoms with Gasteiger partial charge in [0, 0.05) is 24.0 Å². The van der Waals surface area contributed by atoms with Crippen molar-refractivity contribution >= 4 is 34.4 Å². The van der Waals surface area contributed by atoms with Crippen molar-refractivity contribution in [2.75, 3.05) is 18.0 Å². The molecule has 2 aromatic carbocycles. The molecule has 1 saturated heterocycles. The first-order chi connectivity index (χ1) is 17.0. The highest BCUT2D eigenvalue weighted by molar-refractivity contribution is 6.25. The smallest absolute Gasteiger partial charge is 0.332 e. The van der Waals surface area contributed by atoms with Crippen LogP contribution in [0.1, 0.15) is 67.6 Å². The van der Waals surface area contributed by atoms with Crippen molar-refractivity contribution in [1.29, 1.82) is 0 Å². The van der Waals surface area contributed by atoms with Crippen molar-refractivity contribution < 1.29 is 14.4 Å². The van der Waals surface area contributed by atoms with Gasteiger partial charge in [-0.2, -0.15) is 0 Å². The maximum Gasteiger partial charge on any atom is 0.332 e. The molecule has 7 nitrogen and oxygen atoms in total. The van der Waals surface area contributed by atoms with Crippen molar-refractivity contribution in [3.63, 3.8) is 0 Å². The molecule has 2 aliphatic rings. The van der Waals surface area contributed by atoms with E-state index < -0.39 is 5.54 Å². The van der Waals surface area contributed by atoms with Gasteiger partial charge < -0.3 is 15.2 Å². The van der Waals surface area contributed by atoms with Crippen LogP contribution < -0.4 is 10.2 Å². The number of aromatic nitrogens is 1. The molecular formula is C28H32N4O3. The van der Waals surface area contributed by atoms with Crippen molar-refractivity contribution in [3.05, 3.63) is 65.4 Å². The second-order valence-corrected chi connectivity index (χ2v) is 9.61. The molecule has 0 unspecified atom stereocenters. The van der Waals surface area contributed by atoms with Gasteiger partial charge in [0.15, 0.2) is 5.54 Å². The molecule has 1 fully saturated rings. The van der Waals surface area contributed by atoms with E-state index in [1.165, 1.54) is 17.7 Å². The zero-order valence-electron chi connectivity index (χ0n) is 20.4. The summed E-state index contributed by atoms with van der Waals surface area (Å²) in [5.74, 6) is -0.604. The van der Waals surface area contributed by atoms with Crippen LogP contribution in [0.5, 0.6) is 0 Å². The number of unbranched alkanes of at least 4 members (excludes halogenated alkanes) is 4. The quantitative estimate of drug-likeness (QED) is 0.353. The summed E-state index contributed by atoms with van der Waals surface area (Å²) in [7, 11) is 0. The number of urea groups is 1. The Balaban J connectivity index is 1.44. The predicted molar refractivity (Wildman–Crippen MR) is 136 cm³/mol. The number of amides is 4. The number of H-pyrrole nitrogens is 1. The SMILES string of the molecule is CCCCCCCNC(=O)c1ccccc1N1C(=O)N2CCc3c([nH]c4ccccc34)[C@@]2(C)C1=O. The van der Waals surface area contributed by atoms with Crippen LogP contribution in [-0.2, 0) is 16.8 Å². The van der Waals surface area contributed by atoms with Crippen molar-refractivity contribution in [1.82, 2.24) is 15.2 Å². The molecule has 182 valence electrons. The van der Waals surface area contributed by atoms with Gasteiger partial charge >= 0.3 is 6.03 Å². The number of anilines is 1. The Morgan fingerprint density at radius 3 is 2.60 bits per heavy atom. The van der Waals surface area contributed by atoms with Crippen LogP contribution in [0.15, 0.2) is 48.5 Å². The summed E-state index contributed by atoms with van der Waals surface area (Å²) < 4.78 is 0. The van der Waals surface area contributed by atoms with Crippen molar-refractivity contribution in [2.45, 2.75) is 57.9 Å². The third kappa shape index (κ3) is 3.70. The van der Waals surface area contributed by atoms with Crippen LogP contribution in [0.3, 0.4) is 0 Å². The zero-order chi connectivity index (χ0) is 24.6. The average Bonchev–Trinajstić information content (AvgIpc) is 3.35. The number of benzene rings is 2. The maximum absolute atomic E-state index is 14.0. The van der Waals surface area contributed by atoms with E-state index >= 15 is 0 Å². The number of imide groups is 1. The molecule has 0 aliphatic carbocycles. The Kier molecular flexibility index (Phi) is 6.09. The van der Waals surface area contributed by atoms with Gasteiger partial charge in [-0.3, -0.25) is 9.59 Å². The fraction of sp³-hybridized carbons (Fsp3) is 0.393. The van der Waals surface area contributed by atoms with Gasteiger partial charge in [-0.15, -0.1) is 0 Å². The number of aromatic amines is 1. The van der Waals surface area contributed by atoms with Crippen molar-refractivity contribution in [2.24, 2.45) is 0 Å². The molecule has 2 N–H and O–H groups in total. The molecule has 7 heteroatoms. The van der Waals surface area contributed by atoms with Crippen LogP contribution >= 0.6 is 0 Å². The Morgan fingerprint density at radius 2 is 1.77 bits per heavy atom. The lowest BCUT2D eigenvalue weighted by atomic mass is 9.87. The van der Waals surface area contributed by atoms with Gasteiger partial charge in [0.05, 0.1) is 16.9 Å². The van der Waals surface area contributed by atoms with Crippen LogP contribution in [0.4, 0.5) is 10.5 Å². The molecule has 2 aliphatic heterocycles. The third-order valence-corrected chi connectivity index (χ3v) is 7.42. The molecule has 0 spiro atoms. The van der Waals surface area contributed by atoms with Crippen LogP contribution in [0, 0.1) is 0 Å². The highest BCUT2D eigenvalue weighted by Gasteiger charge is 2.59. The predicted octanol–water partition coefficient (Wildman–Crippen LogP) is 5.11. The van der Waals surface area contributed by atoms with Crippen LogP contribution in [0.25, 0.3) is 10.9 Å². The lowest BCUT2D eigenvalue weighted by Crippen LogP contribution is -2.49. The first kappa shape index (κ1) is 23.1. The number of nitrogens with zero attached hydrogens (tertiary/aromatic N) is 2. The minimum Gasteiger partial charge on any atom is -0.356 e. The summed E-state index contributed by atoms with van der Waals surface area (Å²) in [6.45, 7) is 4.99. The second kappa shape index (κ2) is 9.21. The van der Waals surface area contributed by atoms with E-state index in [0.717, 1.165) is 41.4 Å². The molecule has 3 aromatic rings. The number of hydrogen-bond donors (Lipinski definition) is 2. The molecule has 0 bridgehead atoms. The molecule has 0 saturated carbocycles. The first-order valence-electron chi connectivity index (χ1n) is 12.6. The average molecular weight is 473 g/mol. The summed E-state index contributed by atoms with van der Waals surface area (Å²) in [5, 5.41) is 4.05. The topological polar surface area (TPSA) is 85.5 Å². The highest BCUT2D eigenvalue weighted by atomic mass is 16.2. The standard InChI is InChI=1S/C28H32N4O3/c1-3-4-5-6-11-17-29-25(33)21-13-8-10-15-23(21)32-26(34)28(2)24-20(16-18-31(28)27(32)35)19-12-7-9-14-22(19)30-24/h7-10,12-15,30H,3-6,11,16-18H2,1-2H3,(H,29,33)/t28-/m0/s1. The van der Waals surface area contributed by atoms with Gasteiger partial charge in [0.25, 0.3) is 11.8 Å². The van der Waals surface area contributed by atoms with E-state index in [1.54, 1.807) is 36.1 Å². The van der Waals surface area contributed by atoms with E-state index in [-0.39, 0.29) is 17.8 Å². The number of para-hydroxylation sites is 2. The fourth-order valence-electron chi connectivity index (χ4n) is 5.49. The van der Waals surface area contributed by atoms with E-state index in [9.17, 15) is 14.4 Å². The lowest BCUT2D eigenvalue weighted by Gasteiger charge is -2.35. The van der Waals surface area contributed by atoms with Crippen molar-refractivity contribution in [3.8, 4) is 0 Å². The van der Waals surface area contributed by atoms with Crippen LogP contribution in [-0.4, -0.2) is 40.8 Å². The largest absolute Gasteiger partial charge is 0.356 e. The van der Waals surface area contributed by atoms with Gasteiger partial charge in [0.1, 0.15) is 0 Å². The maximum atomic E-state index is 14.0. The lowest BCUT2D eigenvalue weighted by molar-refractivity contribution is -0.125. The normalized spacial score (nSPS) is 19.3.